The fourth-order valence-electron chi connectivity index (χ4n) is 3.82. The molecule has 1 atom stereocenters. The lowest BCUT2D eigenvalue weighted by atomic mass is 10.0. The number of nitrogens with zero attached hydrogens (tertiary/aromatic N) is 1. The van der Waals surface area contributed by atoms with Gasteiger partial charge in [-0.2, -0.15) is 0 Å². The maximum atomic E-state index is 12.5. The predicted octanol–water partition coefficient (Wildman–Crippen LogP) is 3.56. The number of methoxy groups -OCH3 is 2. The normalized spacial score (nSPS) is 16.1. The minimum absolute atomic E-state index is 0.0783. The maximum absolute atomic E-state index is 12.5. The summed E-state index contributed by atoms with van der Waals surface area (Å²) in [7, 11) is 3.25. The summed E-state index contributed by atoms with van der Waals surface area (Å²) in [5.41, 5.74) is 2.46. The van der Waals surface area contributed by atoms with Crippen molar-refractivity contribution < 1.29 is 19.1 Å². The summed E-state index contributed by atoms with van der Waals surface area (Å²) in [5, 5.41) is 6.07. The van der Waals surface area contributed by atoms with Crippen LogP contribution in [-0.4, -0.2) is 50.6 Å². The molecule has 0 saturated carbocycles. The zero-order valence-electron chi connectivity index (χ0n) is 18.0. The molecule has 166 valence electrons. The van der Waals surface area contributed by atoms with E-state index in [1.54, 1.807) is 32.4 Å². The van der Waals surface area contributed by atoms with Crippen molar-refractivity contribution in [2.45, 2.75) is 25.8 Å². The van der Waals surface area contributed by atoms with Crippen LogP contribution < -0.4 is 20.1 Å². The zero-order valence-corrected chi connectivity index (χ0v) is 18.8. The molecule has 1 aliphatic rings. The average Bonchev–Trinajstić information content (AvgIpc) is 3.22. The molecule has 1 heterocycles. The number of likely N-dealkylation sites (tertiary alicyclic amines) is 1. The Kier molecular flexibility index (Phi) is 7.76. The van der Waals surface area contributed by atoms with Crippen LogP contribution in [-0.2, 0) is 9.59 Å². The number of ether oxygens (including phenoxy) is 2. The number of amides is 2. The molecule has 2 aromatic carbocycles. The van der Waals surface area contributed by atoms with Crippen molar-refractivity contribution >= 4 is 29.1 Å². The van der Waals surface area contributed by atoms with Crippen molar-refractivity contribution in [1.29, 1.82) is 0 Å². The summed E-state index contributed by atoms with van der Waals surface area (Å²) in [6.07, 6.45) is 1.92. The van der Waals surface area contributed by atoms with Crippen molar-refractivity contribution in [3.05, 3.63) is 52.5 Å². The van der Waals surface area contributed by atoms with Gasteiger partial charge in [-0.3, -0.25) is 14.5 Å². The number of halogens is 1. The highest BCUT2D eigenvalue weighted by Gasteiger charge is 2.30. The Morgan fingerprint density at radius 1 is 1.16 bits per heavy atom. The summed E-state index contributed by atoms with van der Waals surface area (Å²) in [5.74, 6) is 0.975. The van der Waals surface area contributed by atoms with E-state index in [2.05, 4.69) is 15.5 Å². The molecule has 1 aliphatic heterocycles. The Balaban J connectivity index is 1.56. The van der Waals surface area contributed by atoms with Crippen LogP contribution >= 0.6 is 11.6 Å². The van der Waals surface area contributed by atoms with Crippen molar-refractivity contribution in [3.8, 4) is 11.5 Å². The van der Waals surface area contributed by atoms with Gasteiger partial charge in [-0.15, -0.1) is 0 Å². The van der Waals surface area contributed by atoms with E-state index < -0.39 is 0 Å². The molecular weight excluding hydrogens is 418 g/mol. The zero-order chi connectivity index (χ0) is 22.4. The molecule has 0 bridgehead atoms. The first-order chi connectivity index (χ1) is 14.9. The number of nitrogens with one attached hydrogen (secondary N) is 2. The molecule has 0 aliphatic carbocycles. The van der Waals surface area contributed by atoms with E-state index in [-0.39, 0.29) is 30.9 Å². The van der Waals surface area contributed by atoms with E-state index in [0.717, 1.165) is 42.0 Å². The third-order valence-electron chi connectivity index (χ3n) is 5.50. The Hall–Kier alpha value is -2.77. The number of hydrogen-bond acceptors (Lipinski definition) is 5. The monoisotopic (exact) mass is 445 g/mol. The molecule has 1 saturated heterocycles. The molecule has 2 amide bonds. The van der Waals surface area contributed by atoms with Crippen LogP contribution in [0.25, 0.3) is 0 Å². The summed E-state index contributed by atoms with van der Waals surface area (Å²) >= 11 is 6.08. The van der Waals surface area contributed by atoms with Crippen molar-refractivity contribution in [1.82, 2.24) is 10.2 Å². The first kappa shape index (κ1) is 22.9. The van der Waals surface area contributed by atoms with E-state index in [9.17, 15) is 9.59 Å². The number of hydrogen-bond donors (Lipinski definition) is 2. The van der Waals surface area contributed by atoms with Crippen molar-refractivity contribution in [3.63, 3.8) is 0 Å². The van der Waals surface area contributed by atoms with E-state index >= 15 is 0 Å². The van der Waals surface area contributed by atoms with Gasteiger partial charge in [0.15, 0.2) is 0 Å². The molecule has 0 unspecified atom stereocenters. The number of benzene rings is 2. The number of carbonyl (C=O) groups is 2. The van der Waals surface area contributed by atoms with E-state index in [0.29, 0.717) is 10.7 Å². The molecule has 1 fully saturated rings. The minimum atomic E-state index is -0.298. The highest BCUT2D eigenvalue weighted by Crippen LogP contribution is 2.38. The van der Waals surface area contributed by atoms with Gasteiger partial charge in [-0.1, -0.05) is 23.7 Å². The fraction of sp³-hybridized carbons (Fsp3) is 0.391. The van der Waals surface area contributed by atoms with E-state index in [1.165, 1.54) is 0 Å². The molecule has 8 heteroatoms. The lowest BCUT2D eigenvalue weighted by molar-refractivity contribution is -0.125. The maximum Gasteiger partial charge on any atom is 0.243 e. The quantitative estimate of drug-likeness (QED) is 0.649. The molecule has 7 nitrogen and oxygen atoms in total. The van der Waals surface area contributed by atoms with Crippen LogP contribution in [0.3, 0.4) is 0 Å². The Morgan fingerprint density at radius 3 is 2.71 bits per heavy atom. The van der Waals surface area contributed by atoms with Crippen LogP contribution in [0, 0.1) is 6.92 Å². The van der Waals surface area contributed by atoms with E-state index in [4.69, 9.17) is 21.1 Å². The second kappa shape index (κ2) is 10.5. The molecule has 2 aromatic rings. The number of carbonyl (C=O) groups excluding carboxylic acids is 2. The van der Waals surface area contributed by atoms with Gasteiger partial charge in [0.05, 0.1) is 27.3 Å². The molecule has 0 spiro atoms. The SMILES string of the molecule is COc1ccc([C@H]2CCCN2CC(=O)NCC(=O)Nc2cccc(Cl)c2C)c(OC)c1. The lowest BCUT2D eigenvalue weighted by Crippen LogP contribution is -2.40. The number of anilines is 1. The van der Waals surface area contributed by atoms with Gasteiger partial charge >= 0.3 is 0 Å². The van der Waals surface area contributed by atoms with Gasteiger partial charge in [0.25, 0.3) is 0 Å². The van der Waals surface area contributed by atoms with Crippen molar-refractivity contribution in [2.75, 3.05) is 39.2 Å². The van der Waals surface area contributed by atoms with Crippen LogP contribution in [0.4, 0.5) is 5.69 Å². The van der Waals surface area contributed by atoms with Crippen molar-refractivity contribution in [2.24, 2.45) is 0 Å². The topological polar surface area (TPSA) is 79.9 Å². The lowest BCUT2D eigenvalue weighted by Gasteiger charge is -2.25. The summed E-state index contributed by atoms with van der Waals surface area (Å²) in [6.45, 7) is 2.75. The molecule has 31 heavy (non-hydrogen) atoms. The van der Waals surface area contributed by atoms with Gasteiger partial charge in [0.2, 0.25) is 11.8 Å². The van der Waals surface area contributed by atoms with Gasteiger partial charge < -0.3 is 20.1 Å². The van der Waals surface area contributed by atoms with Crippen LogP contribution in [0.15, 0.2) is 36.4 Å². The molecule has 0 radical (unpaired) electrons. The molecule has 0 aromatic heterocycles. The van der Waals surface area contributed by atoms with Gasteiger partial charge in [-0.25, -0.2) is 0 Å². The average molecular weight is 446 g/mol. The van der Waals surface area contributed by atoms with Crippen LogP contribution in [0.2, 0.25) is 5.02 Å². The Bertz CT molecular complexity index is 950. The first-order valence-corrected chi connectivity index (χ1v) is 10.6. The smallest absolute Gasteiger partial charge is 0.243 e. The fourth-order valence-corrected chi connectivity index (χ4v) is 3.99. The highest BCUT2D eigenvalue weighted by molar-refractivity contribution is 6.31. The third-order valence-corrected chi connectivity index (χ3v) is 5.91. The first-order valence-electron chi connectivity index (χ1n) is 10.2. The molecule has 2 N–H and O–H groups in total. The summed E-state index contributed by atoms with van der Waals surface area (Å²) in [6, 6.07) is 11.1. The van der Waals surface area contributed by atoms with E-state index in [1.807, 2.05) is 25.1 Å². The van der Waals surface area contributed by atoms with Crippen LogP contribution in [0.5, 0.6) is 11.5 Å². The van der Waals surface area contributed by atoms with Gasteiger partial charge in [0.1, 0.15) is 11.5 Å². The molecule has 3 rings (SSSR count). The predicted molar refractivity (Wildman–Crippen MR) is 121 cm³/mol. The summed E-state index contributed by atoms with van der Waals surface area (Å²) < 4.78 is 10.8. The standard InChI is InChI=1S/C23H28ClN3O4/c1-15-18(24)6-4-7-19(15)26-22(28)13-25-23(29)14-27-11-5-8-20(27)17-10-9-16(30-2)12-21(17)31-3/h4,6-7,9-10,12,20H,5,8,11,13-14H2,1-3H3,(H,25,29)(H,26,28)/t20-/m1/s1. The van der Waals surface area contributed by atoms with Gasteiger partial charge in [0, 0.05) is 28.4 Å². The minimum Gasteiger partial charge on any atom is -0.497 e. The summed E-state index contributed by atoms with van der Waals surface area (Å²) in [4.78, 5) is 26.8. The molecular formula is C23H28ClN3O4. The van der Waals surface area contributed by atoms with Crippen LogP contribution in [0.1, 0.15) is 30.0 Å². The Morgan fingerprint density at radius 2 is 1.97 bits per heavy atom. The Labute approximate surface area is 187 Å². The van der Waals surface area contributed by atoms with Gasteiger partial charge in [-0.05, 0) is 50.1 Å². The highest BCUT2D eigenvalue weighted by atomic mass is 35.5. The number of rotatable bonds is 8. The third kappa shape index (κ3) is 5.68. The second-order valence-corrected chi connectivity index (χ2v) is 7.88. The second-order valence-electron chi connectivity index (χ2n) is 7.47. The largest absolute Gasteiger partial charge is 0.497 e.